The summed E-state index contributed by atoms with van der Waals surface area (Å²) in [6.45, 7) is 1.89. The van der Waals surface area contributed by atoms with Crippen LogP contribution in [0.2, 0.25) is 0 Å². The van der Waals surface area contributed by atoms with Gasteiger partial charge >= 0.3 is 6.18 Å². The number of hydrogen-bond donors (Lipinski definition) is 0. The highest BCUT2D eigenvalue weighted by atomic mass is 79.9. The molecule has 0 aliphatic rings. The minimum Gasteiger partial charge on any atom is -0.493 e. The number of hydrogen-bond acceptors (Lipinski definition) is 4. The van der Waals surface area contributed by atoms with E-state index < -0.39 is 11.7 Å². The molecule has 0 spiro atoms. The largest absolute Gasteiger partial charge is 0.493 e. The van der Waals surface area contributed by atoms with Crippen molar-refractivity contribution in [3.63, 3.8) is 0 Å². The molecule has 0 N–H and O–H groups in total. The van der Waals surface area contributed by atoms with E-state index in [9.17, 15) is 18.0 Å². The highest BCUT2D eigenvalue weighted by Crippen LogP contribution is 2.32. The van der Waals surface area contributed by atoms with Crippen LogP contribution in [-0.2, 0) is 6.18 Å². The molecule has 0 radical (unpaired) electrons. The number of aromatic nitrogens is 2. The second-order valence-corrected chi connectivity index (χ2v) is 8.58. The molecule has 0 bridgehead atoms. The topological polar surface area (TPSA) is 53.4 Å². The highest BCUT2D eigenvalue weighted by molar-refractivity contribution is 9.10. The van der Waals surface area contributed by atoms with Crippen molar-refractivity contribution in [3.05, 3.63) is 91.9 Å². The fraction of sp³-hybridized carbons (Fsp3) is 0.154. The van der Waals surface area contributed by atoms with Crippen molar-refractivity contribution in [2.24, 2.45) is 0 Å². The average Bonchev–Trinajstić information content (AvgIpc) is 2.83. The van der Waals surface area contributed by atoms with Gasteiger partial charge in [0.15, 0.2) is 11.5 Å². The van der Waals surface area contributed by atoms with Crippen LogP contribution >= 0.6 is 15.9 Å². The monoisotopic (exact) mass is 544 g/mol. The zero-order valence-corrected chi connectivity index (χ0v) is 20.6. The van der Waals surface area contributed by atoms with Crippen molar-refractivity contribution in [1.82, 2.24) is 9.55 Å². The first-order valence-corrected chi connectivity index (χ1v) is 11.2. The van der Waals surface area contributed by atoms with Crippen molar-refractivity contribution in [1.29, 1.82) is 0 Å². The Balaban J connectivity index is 1.96. The van der Waals surface area contributed by atoms with Gasteiger partial charge < -0.3 is 9.47 Å². The molecular weight excluding hydrogens is 525 g/mol. The van der Waals surface area contributed by atoms with E-state index in [1.165, 1.54) is 37.0 Å². The maximum atomic E-state index is 13.6. The number of benzene rings is 3. The van der Waals surface area contributed by atoms with Crippen LogP contribution in [0.5, 0.6) is 11.5 Å². The van der Waals surface area contributed by atoms with E-state index in [1.807, 2.05) is 19.1 Å². The molecule has 0 fully saturated rings. The molecular formula is C26H20BrF3N2O3. The molecule has 0 saturated heterocycles. The van der Waals surface area contributed by atoms with Gasteiger partial charge in [-0.2, -0.15) is 13.2 Å². The van der Waals surface area contributed by atoms with Crippen LogP contribution in [0.1, 0.15) is 22.5 Å². The van der Waals surface area contributed by atoms with Crippen LogP contribution in [-0.4, -0.2) is 23.8 Å². The number of halogens is 4. The van der Waals surface area contributed by atoms with Crippen molar-refractivity contribution in [2.75, 3.05) is 14.2 Å². The Bertz CT molecular complexity index is 1510. The van der Waals surface area contributed by atoms with E-state index in [0.29, 0.717) is 33.7 Å². The number of rotatable bonds is 5. The molecule has 4 aromatic rings. The van der Waals surface area contributed by atoms with Gasteiger partial charge in [-0.05, 0) is 60.5 Å². The van der Waals surface area contributed by atoms with E-state index in [0.717, 1.165) is 22.2 Å². The number of alkyl halides is 3. The van der Waals surface area contributed by atoms with Gasteiger partial charge in [-0.3, -0.25) is 9.36 Å². The SMILES string of the molecule is COc1cc2nc(/C=C\c3cccc(C(F)(F)F)c3)n(-c3ccc(Br)c(C)c3)c(=O)c2cc1OC. The van der Waals surface area contributed by atoms with Gasteiger partial charge in [0, 0.05) is 10.5 Å². The third-order valence-corrected chi connectivity index (χ3v) is 6.33. The molecule has 0 amide bonds. The molecule has 0 aliphatic carbocycles. The van der Waals surface area contributed by atoms with Crippen LogP contribution in [0.25, 0.3) is 28.7 Å². The molecule has 0 saturated carbocycles. The first-order valence-electron chi connectivity index (χ1n) is 10.4. The molecule has 180 valence electrons. The number of fused-ring (bicyclic) bond motifs is 1. The first-order chi connectivity index (χ1) is 16.6. The number of ether oxygens (including phenoxy) is 2. The predicted octanol–water partition coefficient (Wildman–Crippen LogP) is 6.66. The van der Waals surface area contributed by atoms with E-state index in [2.05, 4.69) is 20.9 Å². The zero-order chi connectivity index (χ0) is 25.3. The lowest BCUT2D eigenvalue weighted by Gasteiger charge is -2.14. The van der Waals surface area contributed by atoms with Crippen LogP contribution in [0.4, 0.5) is 13.2 Å². The van der Waals surface area contributed by atoms with E-state index in [4.69, 9.17) is 9.47 Å². The molecule has 3 aromatic carbocycles. The van der Waals surface area contributed by atoms with E-state index in [1.54, 1.807) is 24.3 Å². The normalized spacial score (nSPS) is 11.9. The van der Waals surface area contributed by atoms with Crippen LogP contribution in [0.3, 0.4) is 0 Å². The number of methoxy groups -OCH3 is 2. The maximum Gasteiger partial charge on any atom is 0.416 e. The lowest BCUT2D eigenvalue weighted by Crippen LogP contribution is -2.22. The lowest BCUT2D eigenvalue weighted by molar-refractivity contribution is -0.137. The number of aryl methyl sites for hydroxylation is 1. The fourth-order valence-corrected chi connectivity index (χ4v) is 3.90. The number of nitrogens with zero attached hydrogens (tertiary/aromatic N) is 2. The molecule has 9 heteroatoms. The summed E-state index contributed by atoms with van der Waals surface area (Å²) in [5.74, 6) is 1.02. The summed E-state index contributed by atoms with van der Waals surface area (Å²) in [5.41, 5.74) is 1.02. The smallest absolute Gasteiger partial charge is 0.416 e. The Morgan fingerprint density at radius 2 is 1.69 bits per heavy atom. The summed E-state index contributed by atoms with van der Waals surface area (Å²) in [4.78, 5) is 18.3. The van der Waals surface area contributed by atoms with E-state index in [-0.39, 0.29) is 11.4 Å². The Labute approximate surface area is 207 Å². The summed E-state index contributed by atoms with van der Waals surface area (Å²) < 4.78 is 52.4. The molecule has 0 aliphatic heterocycles. The average molecular weight is 545 g/mol. The Hall–Kier alpha value is -3.59. The van der Waals surface area contributed by atoms with Gasteiger partial charge in [0.2, 0.25) is 0 Å². The second-order valence-electron chi connectivity index (χ2n) is 7.72. The van der Waals surface area contributed by atoms with Gasteiger partial charge in [0.1, 0.15) is 5.82 Å². The van der Waals surface area contributed by atoms with Crippen molar-refractivity contribution >= 4 is 39.0 Å². The minimum absolute atomic E-state index is 0.244. The van der Waals surface area contributed by atoms with Crippen molar-refractivity contribution in [2.45, 2.75) is 13.1 Å². The Kier molecular flexibility index (Phi) is 6.71. The van der Waals surface area contributed by atoms with Gasteiger partial charge in [0.05, 0.1) is 36.4 Å². The van der Waals surface area contributed by atoms with Crippen molar-refractivity contribution < 1.29 is 22.6 Å². The zero-order valence-electron chi connectivity index (χ0n) is 19.0. The minimum atomic E-state index is -4.46. The highest BCUT2D eigenvalue weighted by Gasteiger charge is 2.30. The Morgan fingerprint density at radius 3 is 2.34 bits per heavy atom. The van der Waals surface area contributed by atoms with Gasteiger partial charge in [-0.25, -0.2) is 4.98 Å². The summed E-state index contributed by atoms with van der Waals surface area (Å²) in [7, 11) is 2.95. The standard InChI is InChI=1S/C26H20BrF3N2O3/c1-15-11-18(8-9-20(15)27)32-24(10-7-16-5-4-6-17(12-16)26(28,29)30)31-21-14-23(35-3)22(34-2)13-19(21)25(32)33/h4-14H,1-3H3/b10-7-. The summed E-state index contributed by atoms with van der Waals surface area (Å²) in [6.07, 6.45) is -1.45. The first kappa shape index (κ1) is 24.5. The molecule has 4 rings (SSSR count). The third kappa shape index (κ3) is 4.95. The quantitative estimate of drug-likeness (QED) is 0.282. The molecule has 1 aromatic heterocycles. The second kappa shape index (κ2) is 9.58. The fourth-order valence-electron chi connectivity index (χ4n) is 3.65. The van der Waals surface area contributed by atoms with Crippen LogP contribution in [0.15, 0.2) is 63.9 Å². The molecule has 5 nitrogen and oxygen atoms in total. The van der Waals surface area contributed by atoms with Gasteiger partial charge in [-0.1, -0.05) is 34.1 Å². The summed E-state index contributed by atoms with van der Waals surface area (Å²) >= 11 is 3.46. The van der Waals surface area contributed by atoms with E-state index >= 15 is 0 Å². The van der Waals surface area contributed by atoms with Crippen LogP contribution < -0.4 is 15.0 Å². The molecule has 35 heavy (non-hydrogen) atoms. The summed E-state index contributed by atoms with van der Waals surface area (Å²) in [5, 5.41) is 0.305. The van der Waals surface area contributed by atoms with Gasteiger partial charge in [-0.15, -0.1) is 0 Å². The Morgan fingerprint density at radius 1 is 0.971 bits per heavy atom. The van der Waals surface area contributed by atoms with Crippen molar-refractivity contribution in [3.8, 4) is 17.2 Å². The van der Waals surface area contributed by atoms with Crippen LogP contribution in [0, 0.1) is 6.92 Å². The predicted molar refractivity (Wildman–Crippen MR) is 133 cm³/mol. The lowest BCUT2D eigenvalue weighted by atomic mass is 10.1. The van der Waals surface area contributed by atoms with Gasteiger partial charge in [0.25, 0.3) is 5.56 Å². The molecule has 1 heterocycles. The molecule has 0 unspecified atom stereocenters. The molecule has 0 atom stereocenters. The third-order valence-electron chi connectivity index (χ3n) is 5.44. The summed E-state index contributed by atoms with van der Waals surface area (Å²) in [6, 6.07) is 13.5. The maximum absolute atomic E-state index is 13.6.